The second-order valence-electron chi connectivity index (χ2n) is 12.6. The Balaban J connectivity index is 1.33. The monoisotopic (exact) mass is 685 g/mol. The van der Waals surface area contributed by atoms with Gasteiger partial charge in [0.25, 0.3) is 5.91 Å². The van der Waals surface area contributed by atoms with Crippen LogP contribution in [0.5, 0.6) is 17.2 Å². The van der Waals surface area contributed by atoms with E-state index in [-0.39, 0.29) is 37.4 Å². The Morgan fingerprint density at radius 1 is 0.820 bits per heavy atom. The third-order valence-corrected chi connectivity index (χ3v) is 8.26. The fraction of sp³-hybridized carbons (Fsp3) is 0.378. The van der Waals surface area contributed by atoms with Gasteiger partial charge in [-0.1, -0.05) is 48.5 Å². The second-order valence-corrected chi connectivity index (χ2v) is 12.6. The van der Waals surface area contributed by atoms with Crippen molar-refractivity contribution in [1.29, 1.82) is 0 Å². The number of carbonyl (C=O) groups excluding carboxylic acids is 5. The summed E-state index contributed by atoms with van der Waals surface area (Å²) in [5.74, 6) is -1.26. The molecule has 2 atom stereocenters. The van der Waals surface area contributed by atoms with Gasteiger partial charge in [0.1, 0.15) is 36.6 Å². The number of hydrogen-bond donors (Lipinski definition) is 5. The van der Waals surface area contributed by atoms with E-state index in [1.807, 2.05) is 48.5 Å². The molecule has 13 nitrogen and oxygen atoms in total. The van der Waals surface area contributed by atoms with E-state index in [1.54, 1.807) is 24.3 Å². The van der Waals surface area contributed by atoms with Gasteiger partial charge in [-0.2, -0.15) is 0 Å². The molecule has 5 amide bonds. The summed E-state index contributed by atoms with van der Waals surface area (Å²) in [6.07, 6.45) is 0.641. The van der Waals surface area contributed by atoms with Crippen molar-refractivity contribution >= 4 is 29.5 Å². The lowest BCUT2D eigenvalue weighted by Gasteiger charge is -2.29. The van der Waals surface area contributed by atoms with Crippen LogP contribution >= 0.6 is 0 Å². The van der Waals surface area contributed by atoms with E-state index in [0.29, 0.717) is 37.6 Å². The molecule has 0 unspecified atom stereocenters. The SMILES string of the molecule is CC1(C)NC(=O)C[C@@H](C(=O)NCCc2ccc3c(c2)OCCO3)NC(=O)c2ccccc2OCCCNC(=O)[C@H](Cc2ccccc2)NC1=O. The van der Waals surface area contributed by atoms with Gasteiger partial charge in [0.05, 0.1) is 18.6 Å². The molecule has 13 heteroatoms. The number of para-hydroxylation sites is 1. The minimum atomic E-state index is -1.47. The average Bonchev–Trinajstić information content (AvgIpc) is 3.10. The van der Waals surface area contributed by atoms with Crippen molar-refractivity contribution in [3.8, 4) is 17.2 Å². The van der Waals surface area contributed by atoms with Gasteiger partial charge in [-0.15, -0.1) is 0 Å². The van der Waals surface area contributed by atoms with Crippen LogP contribution in [0, 0.1) is 0 Å². The third-order valence-electron chi connectivity index (χ3n) is 8.26. The normalized spacial score (nSPS) is 19.9. The zero-order valence-corrected chi connectivity index (χ0v) is 28.2. The van der Waals surface area contributed by atoms with Gasteiger partial charge in [-0.25, -0.2) is 0 Å². The van der Waals surface area contributed by atoms with E-state index in [4.69, 9.17) is 14.2 Å². The van der Waals surface area contributed by atoms with Crippen LogP contribution in [-0.2, 0) is 32.0 Å². The molecular formula is C37H43N5O8. The van der Waals surface area contributed by atoms with Crippen molar-refractivity contribution < 1.29 is 38.2 Å². The van der Waals surface area contributed by atoms with Crippen LogP contribution in [0.3, 0.4) is 0 Å². The van der Waals surface area contributed by atoms with Crippen LogP contribution in [-0.4, -0.2) is 80.1 Å². The number of ether oxygens (including phenoxy) is 3. The first kappa shape index (κ1) is 35.7. The number of rotatable bonds is 6. The predicted molar refractivity (Wildman–Crippen MR) is 184 cm³/mol. The van der Waals surface area contributed by atoms with Crippen LogP contribution in [0.1, 0.15) is 48.2 Å². The molecule has 0 saturated carbocycles. The van der Waals surface area contributed by atoms with Crippen molar-refractivity contribution in [1.82, 2.24) is 26.6 Å². The maximum absolute atomic E-state index is 13.5. The number of fused-ring (bicyclic) bond motifs is 2. The minimum Gasteiger partial charge on any atom is -0.493 e. The van der Waals surface area contributed by atoms with Gasteiger partial charge in [0.2, 0.25) is 23.6 Å². The molecule has 0 bridgehead atoms. The molecule has 50 heavy (non-hydrogen) atoms. The van der Waals surface area contributed by atoms with Crippen molar-refractivity contribution in [2.75, 3.05) is 32.9 Å². The number of carbonyl (C=O) groups is 5. The summed E-state index contributed by atoms with van der Waals surface area (Å²) in [7, 11) is 0. The Morgan fingerprint density at radius 2 is 1.54 bits per heavy atom. The molecule has 264 valence electrons. The average molecular weight is 686 g/mol. The molecule has 2 aliphatic heterocycles. The van der Waals surface area contributed by atoms with Crippen molar-refractivity contribution in [2.24, 2.45) is 0 Å². The summed E-state index contributed by atoms with van der Waals surface area (Å²) in [5.41, 5.74) is 0.450. The second kappa shape index (κ2) is 16.7. The highest BCUT2D eigenvalue weighted by Gasteiger charge is 2.35. The molecule has 5 rings (SSSR count). The number of nitrogens with one attached hydrogen (secondary N) is 5. The molecule has 0 radical (unpaired) electrons. The Hall–Kier alpha value is -5.59. The van der Waals surface area contributed by atoms with Crippen LogP contribution in [0.15, 0.2) is 72.8 Å². The van der Waals surface area contributed by atoms with Crippen molar-refractivity contribution in [2.45, 2.75) is 57.2 Å². The summed E-state index contributed by atoms with van der Waals surface area (Å²) in [6, 6.07) is 19.2. The Bertz CT molecular complexity index is 1700. The highest BCUT2D eigenvalue weighted by Crippen LogP contribution is 2.30. The highest BCUT2D eigenvalue weighted by atomic mass is 16.6. The minimum absolute atomic E-state index is 0.176. The van der Waals surface area contributed by atoms with Gasteiger partial charge >= 0.3 is 0 Å². The summed E-state index contributed by atoms with van der Waals surface area (Å²) < 4.78 is 17.1. The Morgan fingerprint density at radius 3 is 2.34 bits per heavy atom. The highest BCUT2D eigenvalue weighted by molar-refractivity contribution is 6.01. The molecule has 2 aliphatic rings. The fourth-order valence-corrected chi connectivity index (χ4v) is 5.55. The topological polar surface area (TPSA) is 173 Å². The lowest BCUT2D eigenvalue weighted by molar-refractivity contribution is -0.135. The zero-order valence-electron chi connectivity index (χ0n) is 28.2. The standard InChI is InChI=1S/C37H43N5O8/c1-37(2)36(47)41-27(21-24-9-4-3-5-10-24)34(45)38-16-8-18-48-29-12-7-6-11-26(29)33(44)40-28(23-32(43)42-37)35(46)39-17-15-25-13-14-30-31(22-25)50-20-19-49-30/h3-7,9-14,22,27-28H,8,15-21,23H2,1-2H3,(H,38,45)(H,39,46)(H,40,44)(H,41,47)(H,42,43)/t27-,28-/m0/s1. The number of amides is 5. The fourth-order valence-electron chi connectivity index (χ4n) is 5.55. The number of benzene rings is 3. The molecule has 5 N–H and O–H groups in total. The van der Waals surface area contributed by atoms with Crippen LogP contribution in [0.25, 0.3) is 0 Å². The lowest BCUT2D eigenvalue weighted by Crippen LogP contribution is -2.60. The molecule has 3 aromatic carbocycles. The van der Waals surface area contributed by atoms with E-state index in [1.165, 1.54) is 13.8 Å². The van der Waals surface area contributed by atoms with E-state index < -0.39 is 53.6 Å². The molecule has 0 spiro atoms. The molecular weight excluding hydrogens is 642 g/mol. The Kier molecular flexibility index (Phi) is 11.9. The molecule has 2 heterocycles. The maximum Gasteiger partial charge on any atom is 0.255 e. The molecule has 0 aliphatic carbocycles. The molecule has 0 fully saturated rings. The van der Waals surface area contributed by atoms with Gasteiger partial charge in [0, 0.05) is 19.5 Å². The first-order valence-corrected chi connectivity index (χ1v) is 16.7. The van der Waals surface area contributed by atoms with Crippen molar-refractivity contribution in [3.05, 3.63) is 89.5 Å². The summed E-state index contributed by atoms with van der Waals surface area (Å²) in [6.45, 7) is 4.59. The van der Waals surface area contributed by atoms with Crippen LogP contribution in [0.2, 0.25) is 0 Å². The first-order valence-electron chi connectivity index (χ1n) is 16.7. The lowest BCUT2D eigenvalue weighted by atomic mass is 10.00. The van der Waals surface area contributed by atoms with E-state index in [2.05, 4.69) is 26.6 Å². The van der Waals surface area contributed by atoms with E-state index in [9.17, 15) is 24.0 Å². The number of hydrogen-bond acceptors (Lipinski definition) is 8. The summed E-state index contributed by atoms with van der Waals surface area (Å²) in [4.78, 5) is 67.2. The largest absolute Gasteiger partial charge is 0.493 e. The van der Waals surface area contributed by atoms with Crippen molar-refractivity contribution in [3.63, 3.8) is 0 Å². The third kappa shape index (κ3) is 9.74. The molecule has 3 aromatic rings. The quantitative estimate of drug-likeness (QED) is 0.262. The molecule has 0 aromatic heterocycles. The zero-order chi connectivity index (χ0) is 35.5. The smallest absolute Gasteiger partial charge is 0.255 e. The van der Waals surface area contributed by atoms with Crippen LogP contribution in [0.4, 0.5) is 0 Å². The van der Waals surface area contributed by atoms with E-state index in [0.717, 1.165) is 11.1 Å². The maximum atomic E-state index is 13.5. The Labute approximate surface area is 290 Å². The van der Waals surface area contributed by atoms with Gasteiger partial charge in [-0.05, 0) is 62.1 Å². The van der Waals surface area contributed by atoms with E-state index >= 15 is 0 Å². The molecule has 0 saturated heterocycles. The summed E-state index contributed by atoms with van der Waals surface area (Å²) in [5, 5.41) is 13.8. The first-order chi connectivity index (χ1) is 24.1. The van der Waals surface area contributed by atoms with Gasteiger partial charge in [-0.3, -0.25) is 24.0 Å². The van der Waals surface area contributed by atoms with Gasteiger partial charge in [0.15, 0.2) is 11.5 Å². The summed E-state index contributed by atoms with van der Waals surface area (Å²) >= 11 is 0. The van der Waals surface area contributed by atoms with Gasteiger partial charge < -0.3 is 40.8 Å². The van der Waals surface area contributed by atoms with Crippen LogP contribution < -0.4 is 40.8 Å². The predicted octanol–water partition coefficient (Wildman–Crippen LogP) is 1.83.